The van der Waals surface area contributed by atoms with Gasteiger partial charge in [-0.2, -0.15) is 0 Å². The number of aryl methyl sites for hydroxylation is 1. The van der Waals surface area contributed by atoms with Gasteiger partial charge in [0, 0.05) is 0 Å². The van der Waals surface area contributed by atoms with Gasteiger partial charge in [-0.1, -0.05) is 31.2 Å². The Morgan fingerprint density at radius 2 is 1.88 bits per heavy atom. The Labute approximate surface area is 152 Å². The number of tetrazole rings is 1. The topological polar surface area (TPSA) is 81.9 Å². The Hall–Kier alpha value is -3.22. The maximum atomic E-state index is 12.1. The molecule has 1 amide bonds. The molecule has 0 aliphatic carbocycles. The molecule has 0 radical (unpaired) electrons. The first-order valence-electron chi connectivity index (χ1n) is 8.50. The first-order chi connectivity index (χ1) is 12.7. The number of nitrogens with zero attached hydrogens (tertiary/aromatic N) is 4. The first kappa shape index (κ1) is 17.6. The minimum absolute atomic E-state index is 0.0401. The van der Waals surface area contributed by atoms with Crippen LogP contribution in [0.3, 0.4) is 0 Å². The maximum Gasteiger partial charge on any atom is 0.258 e. The zero-order valence-electron chi connectivity index (χ0n) is 14.8. The van der Waals surface area contributed by atoms with E-state index < -0.39 is 0 Å². The molecule has 0 aliphatic rings. The van der Waals surface area contributed by atoms with Crippen molar-refractivity contribution in [3.8, 4) is 11.4 Å². The number of aromatic nitrogens is 4. The zero-order chi connectivity index (χ0) is 18.4. The Morgan fingerprint density at radius 1 is 1.15 bits per heavy atom. The molecule has 0 saturated heterocycles. The molecule has 0 fully saturated rings. The molecule has 0 saturated carbocycles. The van der Waals surface area contributed by atoms with Crippen LogP contribution < -0.4 is 10.1 Å². The zero-order valence-corrected chi connectivity index (χ0v) is 14.8. The summed E-state index contributed by atoms with van der Waals surface area (Å²) >= 11 is 0. The van der Waals surface area contributed by atoms with Gasteiger partial charge in [0.2, 0.25) is 0 Å². The molecule has 0 aliphatic heterocycles. The van der Waals surface area contributed by atoms with Crippen molar-refractivity contribution >= 4 is 5.91 Å². The largest absolute Gasteiger partial charge is 0.484 e. The van der Waals surface area contributed by atoms with Crippen LogP contribution in [0.4, 0.5) is 0 Å². The molecule has 1 N–H and O–H groups in total. The summed E-state index contributed by atoms with van der Waals surface area (Å²) in [7, 11) is 0. The Kier molecular flexibility index (Phi) is 5.58. The summed E-state index contributed by atoms with van der Waals surface area (Å²) in [4.78, 5) is 12.1. The highest BCUT2D eigenvalue weighted by molar-refractivity contribution is 5.78. The summed E-state index contributed by atoms with van der Waals surface area (Å²) in [5.74, 6) is 0.443. The third kappa shape index (κ3) is 4.44. The number of ether oxygens (including phenoxy) is 1. The highest BCUT2D eigenvalue weighted by Crippen LogP contribution is 2.15. The lowest BCUT2D eigenvalue weighted by atomic mass is 10.1. The van der Waals surface area contributed by atoms with Crippen molar-refractivity contribution in [2.24, 2.45) is 0 Å². The minimum atomic E-state index is -0.165. The average molecular weight is 351 g/mol. The number of carbonyl (C=O) groups excluding carboxylic acids is 1. The first-order valence-corrected chi connectivity index (χ1v) is 8.50. The predicted molar refractivity (Wildman–Crippen MR) is 97.0 cm³/mol. The Morgan fingerprint density at radius 3 is 2.50 bits per heavy atom. The highest BCUT2D eigenvalue weighted by Gasteiger charge is 2.10. The maximum absolute atomic E-state index is 12.1. The van der Waals surface area contributed by atoms with Crippen LogP contribution in [-0.2, 0) is 11.2 Å². The van der Waals surface area contributed by atoms with Gasteiger partial charge < -0.3 is 10.1 Å². The normalized spacial score (nSPS) is 11.8. The second-order valence-corrected chi connectivity index (χ2v) is 5.92. The fraction of sp³-hybridized carbons (Fsp3) is 0.263. The standard InChI is InChI=1S/C19H21N5O2/c1-3-15-4-6-16(7-5-15)14(2)21-19(25)12-26-18-10-8-17(9-11-18)24-13-20-22-23-24/h4-11,13-14H,3,12H2,1-2H3,(H,21,25)/t14-/m1/s1. The molecule has 1 heterocycles. The number of nitrogens with one attached hydrogen (secondary N) is 1. The molecule has 1 aromatic heterocycles. The van der Waals surface area contributed by atoms with Gasteiger partial charge >= 0.3 is 0 Å². The van der Waals surface area contributed by atoms with Gasteiger partial charge in [0.25, 0.3) is 5.91 Å². The second-order valence-electron chi connectivity index (χ2n) is 5.92. The monoisotopic (exact) mass is 351 g/mol. The van der Waals surface area contributed by atoms with Crippen LogP contribution in [0.15, 0.2) is 54.9 Å². The highest BCUT2D eigenvalue weighted by atomic mass is 16.5. The molecule has 0 unspecified atom stereocenters. The third-order valence-corrected chi connectivity index (χ3v) is 4.09. The number of amides is 1. The van der Waals surface area contributed by atoms with E-state index in [1.54, 1.807) is 16.8 Å². The van der Waals surface area contributed by atoms with Gasteiger partial charge in [-0.3, -0.25) is 4.79 Å². The van der Waals surface area contributed by atoms with E-state index in [0.29, 0.717) is 5.75 Å². The van der Waals surface area contributed by atoms with Gasteiger partial charge in [0.15, 0.2) is 6.61 Å². The summed E-state index contributed by atoms with van der Waals surface area (Å²) in [6, 6.07) is 15.4. The number of hydrogen-bond donors (Lipinski definition) is 1. The van der Waals surface area contributed by atoms with Crippen molar-refractivity contribution in [1.29, 1.82) is 0 Å². The van der Waals surface area contributed by atoms with Crippen LogP contribution in [-0.4, -0.2) is 32.7 Å². The molecule has 1 atom stereocenters. The Balaban J connectivity index is 1.50. The summed E-state index contributed by atoms with van der Waals surface area (Å²) in [6.07, 6.45) is 2.51. The van der Waals surface area contributed by atoms with Crippen molar-refractivity contribution in [3.63, 3.8) is 0 Å². The van der Waals surface area contributed by atoms with E-state index >= 15 is 0 Å². The number of hydrogen-bond acceptors (Lipinski definition) is 5. The molecule has 134 valence electrons. The lowest BCUT2D eigenvalue weighted by Crippen LogP contribution is -2.31. The van der Waals surface area contributed by atoms with E-state index in [0.717, 1.165) is 17.7 Å². The van der Waals surface area contributed by atoms with Gasteiger partial charge in [-0.05, 0) is 59.2 Å². The molecule has 7 nitrogen and oxygen atoms in total. The van der Waals surface area contributed by atoms with Crippen LogP contribution in [0.25, 0.3) is 5.69 Å². The summed E-state index contributed by atoms with van der Waals surface area (Å²) in [5, 5.41) is 13.9. The van der Waals surface area contributed by atoms with Crippen LogP contribution in [0.2, 0.25) is 0 Å². The summed E-state index contributed by atoms with van der Waals surface area (Å²) in [5.41, 5.74) is 3.16. The van der Waals surface area contributed by atoms with Gasteiger partial charge in [0.05, 0.1) is 11.7 Å². The van der Waals surface area contributed by atoms with E-state index in [1.807, 2.05) is 31.2 Å². The fourth-order valence-electron chi connectivity index (χ4n) is 2.53. The average Bonchev–Trinajstić information content (AvgIpc) is 3.21. The SMILES string of the molecule is CCc1ccc([C@@H](C)NC(=O)COc2ccc(-n3cnnn3)cc2)cc1. The fourth-order valence-corrected chi connectivity index (χ4v) is 2.53. The van der Waals surface area contributed by atoms with Gasteiger partial charge in [-0.15, -0.1) is 5.10 Å². The van der Waals surface area contributed by atoms with Crippen LogP contribution >= 0.6 is 0 Å². The molecule has 3 rings (SSSR count). The van der Waals surface area contributed by atoms with Crippen molar-refractivity contribution in [2.75, 3.05) is 6.61 Å². The van der Waals surface area contributed by atoms with E-state index in [2.05, 4.69) is 39.9 Å². The van der Waals surface area contributed by atoms with Crippen molar-refractivity contribution in [1.82, 2.24) is 25.5 Å². The van der Waals surface area contributed by atoms with E-state index in [-0.39, 0.29) is 18.6 Å². The van der Waals surface area contributed by atoms with Crippen molar-refractivity contribution in [2.45, 2.75) is 26.3 Å². The van der Waals surface area contributed by atoms with Crippen LogP contribution in [0.5, 0.6) is 5.75 Å². The van der Waals surface area contributed by atoms with Crippen molar-refractivity contribution in [3.05, 3.63) is 66.0 Å². The smallest absolute Gasteiger partial charge is 0.258 e. The summed E-state index contributed by atoms with van der Waals surface area (Å²) < 4.78 is 7.08. The molecular weight excluding hydrogens is 330 g/mol. The van der Waals surface area contributed by atoms with E-state index in [1.165, 1.54) is 11.9 Å². The number of rotatable bonds is 7. The van der Waals surface area contributed by atoms with Gasteiger partial charge in [-0.25, -0.2) is 4.68 Å². The lowest BCUT2D eigenvalue weighted by Gasteiger charge is -2.15. The quantitative estimate of drug-likeness (QED) is 0.707. The molecule has 3 aromatic rings. The molecular formula is C19H21N5O2. The lowest BCUT2D eigenvalue weighted by molar-refractivity contribution is -0.123. The molecule has 0 bridgehead atoms. The molecule has 26 heavy (non-hydrogen) atoms. The molecule has 2 aromatic carbocycles. The predicted octanol–water partition coefficient (Wildman–Crippen LogP) is 2.48. The summed E-state index contributed by atoms with van der Waals surface area (Å²) in [6.45, 7) is 4.04. The van der Waals surface area contributed by atoms with Gasteiger partial charge in [0.1, 0.15) is 12.1 Å². The second kappa shape index (κ2) is 8.24. The van der Waals surface area contributed by atoms with Crippen LogP contribution in [0.1, 0.15) is 31.0 Å². The van der Waals surface area contributed by atoms with Crippen molar-refractivity contribution < 1.29 is 9.53 Å². The third-order valence-electron chi connectivity index (χ3n) is 4.09. The van der Waals surface area contributed by atoms with Crippen LogP contribution in [0, 0.1) is 0 Å². The molecule has 0 spiro atoms. The number of benzene rings is 2. The number of carbonyl (C=O) groups is 1. The van der Waals surface area contributed by atoms with E-state index in [9.17, 15) is 4.79 Å². The Bertz CT molecular complexity index is 829. The molecule has 7 heteroatoms. The van der Waals surface area contributed by atoms with E-state index in [4.69, 9.17) is 4.74 Å². The minimum Gasteiger partial charge on any atom is -0.484 e.